The van der Waals surface area contributed by atoms with Gasteiger partial charge in [0.2, 0.25) is 5.91 Å². The van der Waals surface area contributed by atoms with Crippen LogP contribution in [0.1, 0.15) is 50.5 Å². The summed E-state index contributed by atoms with van der Waals surface area (Å²) in [4.78, 5) is 17.0. The van der Waals surface area contributed by atoms with Crippen molar-refractivity contribution in [2.75, 3.05) is 26.2 Å². The van der Waals surface area contributed by atoms with Crippen molar-refractivity contribution in [2.24, 2.45) is 0 Å². The summed E-state index contributed by atoms with van der Waals surface area (Å²) in [5.41, 5.74) is 1.46. The van der Waals surface area contributed by atoms with Gasteiger partial charge in [-0.3, -0.25) is 9.69 Å². The summed E-state index contributed by atoms with van der Waals surface area (Å²) < 4.78 is 0. The Kier molecular flexibility index (Phi) is 5.14. The maximum atomic E-state index is 12.5. The van der Waals surface area contributed by atoms with E-state index in [1.165, 1.54) is 37.7 Å². The molecule has 2 fully saturated rings. The summed E-state index contributed by atoms with van der Waals surface area (Å²) in [5, 5.41) is 0. The molecule has 120 valence electrons. The smallest absolute Gasteiger partial charge is 0.236 e. The van der Waals surface area contributed by atoms with E-state index in [0.717, 1.165) is 19.6 Å². The number of hydrogen-bond donors (Lipinski definition) is 0. The number of carbonyl (C=O) groups is 1. The number of carbonyl (C=O) groups excluding carboxylic acids is 1. The lowest BCUT2D eigenvalue weighted by molar-refractivity contribution is -0.135. The van der Waals surface area contributed by atoms with Crippen molar-refractivity contribution in [1.29, 1.82) is 0 Å². The first-order chi connectivity index (χ1) is 10.7. The molecule has 0 bridgehead atoms. The molecule has 0 aliphatic carbocycles. The molecule has 2 saturated heterocycles. The van der Waals surface area contributed by atoms with Crippen LogP contribution in [0.15, 0.2) is 30.3 Å². The van der Waals surface area contributed by atoms with Gasteiger partial charge in [-0.25, -0.2) is 0 Å². The molecule has 0 saturated carbocycles. The van der Waals surface area contributed by atoms with E-state index in [1.807, 2.05) is 0 Å². The van der Waals surface area contributed by atoms with E-state index in [0.29, 0.717) is 24.4 Å². The molecule has 3 heteroatoms. The van der Waals surface area contributed by atoms with E-state index in [-0.39, 0.29) is 0 Å². The molecule has 3 rings (SSSR count). The van der Waals surface area contributed by atoms with Crippen LogP contribution in [0.4, 0.5) is 0 Å². The average Bonchev–Trinajstić information content (AvgIpc) is 2.57. The van der Waals surface area contributed by atoms with Crippen molar-refractivity contribution in [1.82, 2.24) is 9.80 Å². The summed E-state index contributed by atoms with van der Waals surface area (Å²) in [6.45, 7) is 5.87. The van der Waals surface area contributed by atoms with Crippen molar-refractivity contribution in [3.63, 3.8) is 0 Å². The van der Waals surface area contributed by atoms with Crippen LogP contribution in [-0.4, -0.2) is 47.9 Å². The van der Waals surface area contributed by atoms with Crippen molar-refractivity contribution in [3.05, 3.63) is 35.9 Å². The van der Waals surface area contributed by atoms with Crippen molar-refractivity contribution >= 4 is 5.91 Å². The highest BCUT2D eigenvalue weighted by Gasteiger charge is 2.27. The van der Waals surface area contributed by atoms with Crippen molar-refractivity contribution in [3.8, 4) is 0 Å². The minimum Gasteiger partial charge on any atom is -0.339 e. The minimum absolute atomic E-state index is 0.338. The fourth-order valence-electron chi connectivity index (χ4n) is 3.90. The van der Waals surface area contributed by atoms with Crippen LogP contribution < -0.4 is 0 Å². The first-order valence-electron chi connectivity index (χ1n) is 8.81. The fourth-order valence-corrected chi connectivity index (χ4v) is 3.90. The number of rotatable bonds is 3. The van der Waals surface area contributed by atoms with Crippen LogP contribution in [0.25, 0.3) is 0 Å². The van der Waals surface area contributed by atoms with Crippen LogP contribution in [0.3, 0.4) is 0 Å². The van der Waals surface area contributed by atoms with E-state index >= 15 is 0 Å². The number of benzene rings is 1. The predicted molar refractivity (Wildman–Crippen MR) is 89.9 cm³/mol. The minimum atomic E-state index is 0.338. The van der Waals surface area contributed by atoms with Crippen molar-refractivity contribution < 1.29 is 4.79 Å². The van der Waals surface area contributed by atoms with Gasteiger partial charge in [0.1, 0.15) is 0 Å². The molecule has 1 atom stereocenters. The second-order valence-corrected chi connectivity index (χ2v) is 6.89. The van der Waals surface area contributed by atoms with Crippen LogP contribution in [0, 0.1) is 0 Å². The molecule has 1 aromatic rings. The molecular weight excluding hydrogens is 272 g/mol. The predicted octanol–water partition coefficient (Wildman–Crippen LogP) is 3.27. The zero-order chi connectivity index (χ0) is 15.4. The molecule has 0 spiro atoms. The maximum Gasteiger partial charge on any atom is 0.236 e. The Labute approximate surface area is 134 Å². The maximum absolute atomic E-state index is 12.5. The highest BCUT2D eigenvalue weighted by molar-refractivity contribution is 5.78. The molecule has 22 heavy (non-hydrogen) atoms. The largest absolute Gasteiger partial charge is 0.339 e. The average molecular weight is 300 g/mol. The summed E-state index contributed by atoms with van der Waals surface area (Å²) in [5.74, 6) is 1.01. The lowest BCUT2D eigenvalue weighted by Gasteiger charge is -2.37. The molecule has 0 N–H and O–H groups in total. The number of likely N-dealkylation sites (tertiary alicyclic amines) is 2. The van der Waals surface area contributed by atoms with Crippen LogP contribution in [0.2, 0.25) is 0 Å². The number of nitrogens with zero attached hydrogens (tertiary/aromatic N) is 2. The zero-order valence-electron chi connectivity index (χ0n) is 13.7. The topological polar surface area (TPSA) is 23.6 Å². The first kappa shape index (κ1) is 15.5. The Morgan fingerprint density at radius 2 is 1.77 bits per heavy atom. The Morgan fingerprint density at radius 3 is 2.45 bits per heavy atom. The number of amides is 1. The Morgan fingerprint density at radius 1 is 1.05 bits per heavy atom. The van der Waals surface area contributed by atoms with E-state index in [1.54, 1.807) is 0 Å². The van der Waals surface area contributed by atoms with Gasteiger partial charge < -0.3 is 4.90 Å². The molecule has 1 amide bonds. The third-order valence-electron chi connectivity index (χ3n) is 5.34. The molecule has 1 unspecified atom stereocenters. The van der Waals surface area contributed by atoms with E-state index in [2.05, 4.69) is 47.1 Å². The quantitative estimate of drug-likeness (QED) is 0.855. The molecule has 2 aliphatic rings. The van der Waals surface area contributed by atoms with Gasteiger partial charge in [0.15, 0.2) is 0 Å². The van der Waals surface area contributed by atoms with Gasteiger partial charge in [-0.15, -0.1) is 0 Å². The molecular formula is C19H28N2O. The molecule has 2 heterocycles. The molecule has 0 radical (unpaired) electrons. The van der Waals surface area contributed by atoms with E-state index in [9.17, 15) is 4.79 Å². The van der Waals surface area contributed by atoms with Crippen LogP contribution in [0.5, 0.6) is 0 Å². The van der Waals surface area contributed by atoms with Gasteiger partial charge in [-0.1, -0.05) is 30.3 Å². The first-order valence-corrected chi connectivity index (χ1v) is 8.81. The monoisotopic (exact) mass is 300 g/mol. The Hall–Kier alpha value is -1.35. The summed E-state index contributed by atoms with van der Waals surface area (Å²) in [6, 6.07) is 11.2. The number of hydrogen-bond acceptors (Lipinski definition) is 2. The summed E-state index contributed by atoms with van der Waals surface area (Å²) >= 11 is 0. The lowest BCUT2D eigenvalue weighted by Crippen LogP contribution is -2.48. The second-order valence-electron chi connectivity index (χ2n) is 6.89. The Balaban J connectivity index is 1.48. The van der Waals surface area contributed by atoms with Gasteiger partial charge in [0.25, 0.3) is 0 Å². The van der Waals surface area contributed by atoms with Gasteiger partial charge in [0, 0.05) is 12.6 Å². The summed E-state index contributed by atoms with van der Waals surface area (Å²) in [6.07, 6.45) is 5.96. The van der Waals surface area contributed by atoms with E-state index in [4.69, 9.17) is 0 Å². The molecule has 0 aromatic heterocycles. The van der Waals surface area contributed by atoms with E-state index < -0.39 is 0 Å². The number of piperidine rings is 2. The third kappa shape index (κ3) is 3.70. The van der Waals surface area contributed by atoms with Crippen LogP contribution >= 0.6 is 0 Å². The van der Waals surface area contributed by atoms with Crippen molar-refractivity contribution in [2.45, 2.75) is 51.0 Å². The van der Waals surface area contributed by atoms with Gasteiger partial charge in [-0.05, 0) is 63.6 Å². The highest BCUT2D eigenvalue weighted by Crippen LogP contribution is 2.27. The van der Waals surface area contributed by atoms with Crippen LogP contribution in [-0.2, 0) is 4.79 Å². The van der Waals surface area contributed by atoms with Gasteiger partial charge >= 0.3 is 0 Å². The standard InChI is InChI=1S/C19H28N2O/c1-16-7-5-6-12-21(16)19(22)15-20-13-10-18(11-14-20)17-8-3-2-4-9-17/h2-4,8-9,16,18H,5-7,10-15H2,1H3. The third-order valence-corrected chi connectivity index (χ3v) is 5.34. The molecule has 3 nitrogen and oxygen atoms in total. The SMILES string of the molecule is CC1CCCCN1C(=O)CN1CCC(c2ccccc2)CC1. The highest BCUT2D eigenvalue weighted by atomic mass is 16.2. The molecule has 2 aliphatic heterocycles. The van der Waals surface area contributed by atoms with Gasteiger partial charge in [-0.2, -0.15) is 0 Å². The molecule has 1 aromatic carbocycles. The second kappa shape index (κ2) is 7.28. The fraction of sp³-hybridized carbons (Fsp3) is 0.632. The Bertz CT molecular complexity index is 479. The van der Waals surface area contributed by atoms with Gasteiger partial charge in [0.05, 0.1) is 6.54 Å². The summed E-state index contributed by atoms with van der Waals surface area (Å²) in [7, 11) is 0. The zero-order valence-corrected chi connectivity index (χ0v) is 13.7. The lowest BCUT2D eigenvalue weighted by atomic mass is 9.89. The normalized spacial score (nSPS) is 24.4.